The maximum atomic E-state index is 13.8. The molecular weight excluding hydrogens is 527 g/mol. The third kappa shape index (κ3) is 4.40. The van der Waals surface area contributed by atoms with Gasteiger partial charge in [0.1, 0.15) is 5.56 Å². The predicted octanol–water partition coefficient (Wildman–Crippen LogP) is 4.15. The minimum atomic E-state index is -4.86. The van der Waals surface area contributed by atoms with Crippen LogP contribution in [0.4, 0.5) is 18.9 Å². The van der Waals surface area contributed by atoms with Crippen molar-refractivity contribution in [2.24, 2.45) is 0 Å². The Hall–Kier alpha value is -3.86. The summed E-state index contributed by atoms with van der Waals surface area (Å²) in [5, 5.41) is -0.598. The van der Waals surface area contributed by atoms with Gasteiger partial charge >= 0.3 is 17.8 Å². The maximum absolute atomic E-state index is 13.8. The summed E-state index contributed by atoms with van der Waals surface area (Å²) < 4.78 is 47.7. The number of fused-ring (bicyclic) bond motifs is 1. The molecule has 0 fully saturated rings. The monoisotopic (exact) mass is 549 g/mol. The van der Waals surface area contributed by atoms with E-state index in [1.807, 2.05) is 0 Å². The highest BCUT2D eigenvalue weighted by Gasteiger charge is 2.42. The summed E-state index contributed by atoms with van der Waals surface area (Å²) in [4.78, 5) is 53.5. The summed E-state index contributed by atoms with van der Waals surface area (Å²) in [6.07, 6.45) is -3.87. The fourth-order valence-corrected chi connectivity index (χ4v) is 4.88. The summed E-state index contributed by atoms with van der Waals surface area (Å²) in [7, 11) is 1.57. The van der Waals surface area contributed by atoms with Crippen molar-refractivity contribution < 1.29 is 27.5 Å². The van der Waals surface area contributed by atoms with E-state index >= 15 is 0 Å². The van der Waals surface area contributed by atoms with Gasteiger partial charge in [0.2, 0.25) is 5.91 Å². The number of aromatic nitrogens is 2. The molecule has 0 N–H and O–H groups in total. The zero-order chi connectivity index (χ0) is 28.2. The van der Waals surface area contributed by atoms with Gasteiger partial charge in [-0.2, -0.15) is 13.2 Å². The second-order valence-electron chi connectivity index (χ2n) is 9.27. The van der Waals surface area contributed by atoms with Gasteiger partial charge in [0.05, 0.1) is 34.8 Å². The molecule has 4 rings (SSSR count). The number of ether oxygens (including phenoxy) is 1. The topological polar surface area (TPSA) is 90.6 Å². The minimum Gasteiger partial charge on any atom is -0.462 e. The molecule has 1 aliphatic rings. The number of halogens is 4. The van der Waals surface area contributed by atoms with Gasteiger partial charge in [0, 0.05) is 18.9 Å². The molecule has 0 saturated heterocycles. The Bertz CT molecular complexity index is 1590. The number of nitrogens with zero attached hydrogens (tertiary/aromatic N) is 3. The van der Waals surface area contributed by atoms with E-state index in [2.05, 4.69) is 0 Å². The Kier molecular flexibility index (Phi) is 6.77. The lowest BCUT2D eigenvalue weighted by Gasteiger charge is -2.18. The number of hydrogen-bond donors (Lipinski definition) is 0. The van der Waals surface area contributed by atoms with Crippen LogP contribution in [0.15, 0.2) is 52.2 Å². The van der Waals surface area contributed by atoms with Crippen LogP contribution >= 0.6 is 11.6 Å². The highest BCUT2D eigenvalue weighted by atomic mass is 35.5. The third-order valence-corrected chi connectivity index (χ3v) is 6.83. The molecule has 0 bridgehead atoms. The van der Waals surface area contributed by atoms with Gasteiger partial charge in [-0.1, -0.05) is 29.8 Å². The van der Waals surface area contributed by atoms with Crippen molar-refractivity contribution in [1.29, 1.82) is 0 Å². The molecule has 8 nitrogen and oxygen atoms in total. The van der Waals surface area contributed by atoms with Crippen LogP contribution in [0, 0.1) is 0 Å². The minimum absolute atomic E-state index is 0.0786. The smallest absolute Gasteiger partial charge is 0.418 e. The van der Waals surface area contributed by atoms with E-state index in [-0.39, 0.29) is 18.2 Å². The molecule has 2 aromatic carbocycles. The molecule has 200 valence electrons. The van der Waals surface area contributed by atoms with Gasteiger partial charge in [0.15, 0.2) is 0 Å². The van der Waals surface area contributed by atoms with E-state index in [9.17, 15) is 32.3 Å². The first-order valence-electron chi connectivity index (χ1n) is 11.5. The van der Waals surface area contributed by atoms with Crippen molar-refractivity contribution >= 4 is 29.2 Å². The van der Waals surface area contributed by atoms with Gasteiger partial charge < -0.3 is 9.64 Å². The second-order valence-corrected chi connectivity index (χ2v) is 9.68. The number of likely N-dealkylation sites (N-methyl/N-ethyl adjacent to an activating group) is 1. The van der Waals surface area contributed by atoms with Gasteiger partial charge in [-0.25, -0.2) is 9.59 Å². The van der Waals surface area contributed by atoms with E-state index in [4.69, 9.17) is 16.3 Å². The Balaban J connectivity index is 1.96. The third-order valence-electron chi connectivity index (χ3n) is 6.51. The van der Waals surface area contributed by atoms with Crippen molar-refractivity contribution in [2.75, 3.05) is 18.6 Å². The van der Waals surface area contributed by atoms with Crippen molar-refractivity contribution in [1.82, 2.24) is 9.13 Å². The molecule has 0 radical (unpaired) electrons. The zero-order valence-electron chi connectivity index (χ0n) is 20.9. The molecule has 12 heteroatoms. The highest BCUT2D eigenvalue weighted by Crippen LogP contribution is 2.41. The second kappa shape index (κ2) is 9.46. The summed E-state index contributed by atoms with van der Waals surface area (Å²) >= 11 is 5.82. The average molecular weight is 550 g/mol. The number of hydrogen-bond acceptors (Lipinski definition) is 5. The zero-order valence-corrected chi connectivity index (χ0v) is 21.6. The average Bonchev–Trinajstić information content (AvgIpc) is 3.00. The molecule has 1 aliphatic heterocycles. The van der Waals surface area contributed by atoms with Crippen LogP contribution in [-0.4, -0.2) is 34.7 Å². The summed E-state index contributed by atoms with van der Waals surface area (Å²) in [6, 6.07) is 8.12. The Morgan fingerprint density at radius 2 is 1.79 bits per heavy atom. The number of esters is 1. The standard InChI is InChI=1S/C26H23ClF3N3O5/c1-5-38-22(35)16-13-32(15-9-10-17-19(11-15)31(4)23(36)25(17,2)3)24(37)33(21(16)34)12-14-7-6-8-18(27)20(14)26(28,29)30/h6-11,13H,5,12H2,1-4H3. The van der Waals surface area contributed by atoms with Crippen LogP contribution < -0.4 is 16.1 Å². The van der Waals surface area contributed by atoms with Crippen molar-refractivity contribution in [3.05, 3.63) is 90.7 Å². The Labute approximate surface area is 219 Å². The lowest BCUT2D eigenvalue weighted by Crippen LogP contribution is -2.42. The van der Waals surface area contributed by atoms with Crippen molar-refractivity contribution in [2.45, 2.75) is 38.9 Å². The quantitative estimate of drug-likeness (QED) is 0.446. The number of benzene rings is 2. The fourth-order valence-electron chi connectivity index (χ4n) is 4.58. The van der Waals surface area contributed by atoms with Crippen molar-refractivity contribution in [3.8, 4) is 5.69 Å². The first-order valence-corrected chi connectivity index (χ1v) is 11.9. The molecule has 0 saturated carbocycles. The molecule has 1 aromatic heterocycles. The lowest BCUT2D eigenvalue weighted by atomic mass is 9.86. The molecule has 0 atom stereocenters. The normalized spacial score (nSPS) is 14.5. The van der Waals surface area contributed by atoms with Gasteiger partial charge in [-0.05, 0) is 50.1 Å². The number of carbonyl (C=O) groups excluding carboxylic acids is 2. The molecule has 0 aliphatic carbocycles. The number of carbonyl (C=O) groups is 2. The SMILES string of the molecule is CCOC(=O)c1cn(-c2ccc3c(c2)N(C)C(=O)C3(C)C)c(=O)n(Cc2cccc(Cl)c2C(F)(F)F)c1=O. The molecule has 0 unspecified atom stereocenters. The molecule has 0 spiro atoms. The molecule has 3 aromatic rings. The molecule has 2 heterocycles. The largest absolute Gasteiger partial charge is 0.462 e. The summed E-state index contributed by atoms with van der Waals surface area (Å²) in [5.74, 6) is -1.22. The van der Waals surface area contributed by atoms with Crippen LogP contribution in [0.1, 0.15) is 47.8 Å². The van der Waals surface area contributed by atoms with Crippen LogP contribution in [0.2, 0.25) is 5.02 Å². The van der Waals surface area contributed by atoms with Gasteiger partial charge in [-0.15, -0.1) is 0 Å². The van der Waals surface area contributed by atoms with Crippen LogP contribution in [-0.2, 0) is 27.7 Å². The molecule has 1 amide bonds. The molecule has 38 heavy (non-hydrogen) atoms. The van der Waals surface area contributed by atoms with Crippen molar-refractivity contribution in [3.63, 3.8) is 0 Å². The maximum Gasteiger partial charge on any atom is 0.418 e. The first kappa shape index (κ1) is 27.2. The van der Waals surface area contributed by atoms with Gasteiger partial charge in [0.25, 0.3) is 5.56 Å². The van der Waals surface area contributed by atoms with E-state index in [0.29, 0.717) is 15.8 Å². The predicted molar refractivity (Wildman–Crippen MR) is 134 cm³/mol. The Morgan fingerprint density at radius 3 is 2.42 bits per heavy atom. The van der Waals surface area contributed by atoms with Crippen LogP contribution in [0.5, 0.6) is 0 Å². The number of rotatable bonds is 5. The van der Waals surface area contributed by atoms with Crippen LogP contribution in [0.25, 0.3) is 5.69 Å². The summed E-state index contributed by atoms with van der Waals surface area (Å²) in [5.41, 5.74) is -3.71. The summed E-state index contributed by atoms with van der Waals surface area (Å²) in [6.45, 7) is 4.14. The Morgan fingerprint density at radius 1 is 1.11 bits per heavy atom. The van der Waals surface area contributed by atoms with Gasteiger partial charge in [-0.3, -0.25) is 18.7 Å². The fraction of sp³-hybridized carbons (Fsp3) is 0.308. The number of alkyl halides is 3. The van der Waals surface area contributed by atoms with Crippen LogP contribution in [0.3, 0.4) is 0 Å². The highest BCUT2D eigenvalue weighted by molar-refractivity contribution is 6.31. The molecular formula is C26H23ClF3N3O5. The van der Waals surface area contributed by atoms with E-state index in [0.717, 1.165) is 22.9 Å². The van der Waals surface area contributed by atoms with E-state index in [1.165, 1.54) is 30.0 Å². The van der Waals surface area contributed by atoms with E-state index < -0.39 is 57.1 Å². The number of anilines is 1. The number of amides is 1. The lowest BCUT2D eigenvalue weighted by molar-refractivity contribution is -0.138. The first-order chi connectivity index (χ1) is 17.7. The van der Waals surface area contributed by atoms with E-state index in [1.54, 1.807) is 27.0 Å².